The van der Waals surface area contributed by atoms with Gasteiger partial charge in [0.15, 0.2) is 0 Å². The van der Waals surface area contributed by atoms with E-state index in [2.05, 4.69) is 22.9 Å². The molecule has 0 N–H and O–H groups in total. The molecule has 0 heterocycles. The predicted octanol–water partition coefficient (Wildman–Crippen LogP) is 6.00. The first-order valence-electron chi connectivity index (χ1n) is 5.29. The predicted molar refractivity (Wildman–Crippen MR) is 69.7 cm³/mol. The second-order valence-electron chi connectivity index (χ2n) is 3.85. The van der Waals surface area contributed by atoms with Gasteiger partial charge >= 0.3 is 4.83 Å². The van der Waals surface area contributed by atoms with Crippen molar-refractivity contribution < 1.29 is 13.2 Å². The van der Waals surface area contributed by atoms with Crippen molar-refractivity contribution in [2.75, 3.05) is 0 Å². The Balaban J connectivity index is 3.90. The van der Waals surface area contributed by atoms with Gasteiger partial charge in [-0.15, -0.1) is 0 Å². The minimum atomic E-state index is -3.70. The van der Waals surface area contributed by atoms with Crippen molar-refractivity contribution in [3.8, 4) is 0 Å². The van der Waals surface area contributed by atoms with Gasteiger partial charge in [-0.05, 0) is 22.4 Å². The van der Waals surface area contributed by atoms with Gasteiger partial charge in [-0.1, -0.05) is 60.1 Å². The highest BCUT2D eigenvalue weighted by molar-refractivity contribution is 9.10. The molecule has 0 spiro atoms. The van der Waals surface area contributed by atoms with Crippen LogP contribution in [0, 0.1) is 0 Å². The Morgan fingerprint density at radius 2 is 1.75 bits per heavy atom. The van der Waals surface area contributed by atoms with Crippen LogP contribution in [0.4, 0.5) is 13.2 Å². The molecule has 0 aliphatic rings. The topological polar surface area (TPSA) is 0 Å². The summed E-state index contributed by atoms with van der Waals surface area (Å²) in [7, 11) is 0. The van der Waals surface area contributed by atoms with Crippen LogP contribution in [-0.4, -0.2) is 14.8 Å². The standard InChI is InChI=1S/C10H16Br2ClF3/c1-2-3-4-5-6-8(11)7-9(13,14)10(12,15)16/h8H,2-7H2,1H3. The zero-order valence-corrected chi connectivity index (χ0v) is 13.0. The average molecular weight is 388 g/mol. The van der Waals surface area contributed by atoms with Gasteiger partial charge in [-0.3, -0.25) is 0 Å². The molecule has 0 radical (unpaired) electrons. The molecule has 2 unspecified atom stereocenters. The first-order valence-corrected chi connectivity index (χ1v) is 7.38. The molecule has 0 amide bonds. The Morgan fingerprint density at radius 1 is 1.19 bits per heavy atom. The quantitative estimate of drug-likeness (QED) is 0.353. The van der Waals surface area contributed by atoms with Crippen LogP contribution < -0.4 is 0 Å². The molecular weight excluding hydrogens is 372 g/mol. The van der Waals surface area contributed by atoms with Crippen molar-refractivity contribution in [2.45, 2.75) is 60.2 Å². The first-order chi connectivity index (χ1) is 7.20. The van der Waals surface area contributed by atoms with E-state index in [1.165, 1.54) is 0 Å². The molecular formula is C10H16Br2ClF3. The second-order valence-corrected chi connectivity index (χ2v) is 6.74. The number of hydrogen-bond donors (Lipinski definition) is 0. The maximum absolute atomic E-state index is 13.4. The van der Waals surface area contributed by atoms with Gasteiger partial charge in [0.05, 0.1) is 0 Å². The Hall–Kier alpha value is 1.04. The number of alkyl halides is 6. The summed E-state index contributed by atoms with van der Waals surface area (Å²) >= 11 is 10.3. The molecule has 2 atom stereocenters. The normalized spacial score (nSPS) is 18.2. The van der Waals surface area contributed by atoms with E-state index in [0.717, 1.165) is 25.7 Å². The number of halogens is 6. The van der Waals surface area contributed by atoms with E-state index in [1.54, 1.807) is 0 Å². The van der Waals surface area contributed by atoms with Crippen LogP contribution in [0.5, 0.6) is 0 Å². The molecule has 0 saturated carbocycles. The highest BCUT2D eigenvalue weighted by atomic mass is 79.9. The Bertz CT molecular complexity index is 195. The van der Waals surface area contributed by atoms with Crippen LogP contribution in [0.3, 0.4) is 0 Å². The zero-order valence-electron chi connectivity index (χ0n) is 9.09. The first kappa shape index (κ1) is 17.0. The van der Waals surface area contributed by atoms with Gasteiger partial charge in [-0.25, -0.2) is 4.39 Å². The minimum absolute atomic E-state index is 0.324. The van der Waals surface area contributed by atoms with Gasteiger partial charge in [0.1, 0.15) is 0 Å². The lowest BCUT2D eigenvalue weighted by Gasteiger charge is -2.25. The Labute approximate surface area is 117 Å². The van der Waals surface area contributed by atoms with Gasteiger partial charge in [0.2, 0.25) is 0 Å². The molecule has 0 aromatic heterocycles. The van der Waals surface area contributed by atoms with E-state index < -0.39 is 16.4 Å². The van der Waals surface area contributed by atoms with Crippen molar-refractivity contribution in [3.63, 3.8) is 0 Å². The highest BCUT2D eigenvalue weighted by Gasteiger charge is 2.52. The molecule has 0 fully saturated rings. The summed E-state index contributed by atoms with van der Waals surface area (Å²) in [4.78, 5) is -4.02. The van der Waals surface area contributed by atoms with Crippen LogP contribution in [0.25, 0.3) is 0 Å². The lowest BCUT2D eigenvalue weighted by Crippen LogP contribution is -2.36. The zero-order chi connectivity index (χ0) is 12.8. The minimum Gasteiger partial charge on any atom is -0.218 e. The van der Waals surface area contributed by atoms with E-state index in [1.807, 2.05) is 15.9 Å². The van der Waals surface area contributed by atoms with Crippen LogP contribution in [-0.2, 0) is 0 Å². The van der Waals surface area contributed by atoms with Gasteiger partial charge in [0.25, 0.3) is 5.13 Å². The monoisotopic (exact) mass is 386 g/mol. The van der Waals surface area contributed by atoms with Crippen molar-refractivity contribution in [2.24, 2.45) is 0 Å². The molecule has 0 aromatic rings. The number of rotatable bonds is 8. The maximum Gasteiger partial charge on any atom is 0.348 e. The Kier molecular flexibility index (Phi) is 7.95. The van der Waals surface area contributed by atoms with E-state index in [9.17, 15) is 13.2 Å². The van der Waals surface area contributed by atoms with Crippen molar-refractivity contribution in [3.05, 3.63) is 0 Å². The molecule has 98 valence electrons. The van der Waals surface area contributed by atoms with Crippen LogP contribution in [0.2, 0.25) is 0 Å². The van der Waals surface area contributed by atoms with E-state index in [4.69, 9.17) is 11.6 Å². The lowest BCUT2D eigenvalue weighted by atomic mass is 10.1. The Morgan fingerprint density at radius 3 is 2.19 bits per heavy atom. The summed E-state index contributed by atoms with van der Waals surface area (Å²) in [6.45, 7) is 2.09. The van der Waals surface area contributed by atoms with Gasteiger partial charge < -0.3 is 0 Å². The van der Waals surface area contributed by atoms with Crippen LogP contribution in [0.15, 0.2) is 0 Å². The third-order valence-electron chi connectivity index (χ3n) is 2.26. The fourth-order valence-corrected chi connectivity index (χ4v) is 2.59. The third kappa shape index (κ3) is 6.70. The molecule has 6 heteroatoms. The van der Waals surface area contributed by atoms with Crippen molar-refractivity contribution in [1.29, 1.82) is 0 Å². The largest absolute Gasteiger partial charge is 0.348 e. The number of hydrogen-bond acceptors (Lipinski definition) is 0. The molecule has 0 saturated heterocycles. The average Bonchev–Trinajstić information content (AvgIpc) is 2.10. The van der Waals surface area contributed by atoms with Crippen LogP contribution in [0.1, 0.15) is 45.4 Å². The highest BCUT2D eigenvalue weighted by Crippen LogP contribution is 2.45. The fraction of sp³-hybridized carbons (Fsp3) is 1.00. The van der Waals surface area contributed by atoms with E-state index >= 15 is 0 Å². The second kappa shape index (κ2) is 7.47. The summed E-state index contributed by atoms with van der Waals surface area (Å²) in [6, 6.07) is 0. The summed E-state index contributed by atoms with van der Waals surface area (Å²) in [5.41, 5.74) is 0. The maximum atomic E-state index is 13.4. The molecule has 0 aliphatic carbocycles. The fourth-order valence-electron chi connectivity index (χ4n) is 1.29. The van der Waals surface area contributed by atoms with E-state index in [-0.39, 0.29) is 4.83 Å². The molecule has 0 aliphatic heterocycles. The van der Waals surface area contributed by atoms with Crippen molar-refractivity contribution in [1.82, 2.24) is 0 Å². The molecule has 16 heavy (non-hydrogen) atoms. The summed E-state index contributed by atoms with van der Waals surface area (Å²) < 4.78 is 38.7. The molecule has 0 aromatic carbocycles. The van der Waals surface area contributed by atoms with Crippen molar-refractivity contribution >= 4 is 43.5 Å². The summed E-state index contributed by atoms with van der Waals surface area (Å²) in [5.74, 6) is 0. The van der Waals surface area contributed by atoms with E-state index in [0.29, 0.717) is 6.42 Å². The lowest BCUT2D eigenvalue weighted by molar-refractivity contribution is -0.00959. The van der Waals surface area contributed by atoms with Gasteiger partial charge in [0, 0.05) is 11.2 Å². The summed E-state index contributed by atoms with van der Waals surface area (Å²) in [6.07, 6.45) is 4.38. The number of unbranched alkanes of at least 4 members (excludes halogenated alkanes) is 3. The SMILES string of the molecule is CCCCCCC(Br)CC(F)(Cl)C(F)(F)Br. The molecule has 0 rings (SSSR count). The molecule has 0 bridgehead atoms. The van der Waals surface area contributed by atoms with Gasteiger partial charge in [-0.2, -0.15) is 8.78 Å². The smallest absolute Gasteiger partial charge is 0.218 e. The third-order valence-corrected chi connectivity index (χ3v) is 4.29. The molecule has 0 nitrogen and oxygen atoms in total. The van der Waals surface area contributed by atoms with Crippen LogP contribution >= 0.6 is 43.5 Å². The summed E-state index contributed by atoms with van der Waals surface area (Å²) in [5, 5.41) is -3.04.